The van der Waals surface area contributed by atoms with Gasteiger partial charge in [-0.15, -0.1) is 0 Å². The monoisotopic (exact) mass is 355 g/mol. The number of imidazole rings is 1. The number of hydrogen-bond donors (Lipinski definition) is 1. The van der Waals surface area contributed by atoms with E-state index in [0.29, 0.717) is 32.1 Å². The number of nitrogens with one attached hydrogen (secondary N) is 1. The molecule has 0 aromatic carbocycles. The molecule has 2 aromatic heterocycles. The van der Waals surface area contributed by atoms with Crippen LogP contribution >= 0.6 is 0 Å². The predicted molar refractivity (Wildman–Crippen MR) is 93.5 cm³/mol. The van der Waals surface area contributed by atoms with Gasteiger partial charge in [-0.1, -0.05) is 0 Å². The first-order valence-corrected chi connectivity index (χ1v) is 9.09. The number of nitrogens with zero attached hydrogens (tertiary/aromatic N) is 6. The summed E-state index contributed by atoms with van der Waals surface area (Å²) in [6.45, 7) is 1.94. The SMILES string of the molecule is CNC(=O)C1CC(=O)N(C2CN(c3ncnc4c3ncn4C3CC3)C2)C1. The lowest BCUT2D eigenvalue weighted by atomic mass is 10.1. The Kier molecular flexibility index (Phi) is 3.38. The second-order valence-corrected chi connectivity index (χ2v) is 7.37. The fourth-order valence-corrected chi connectivity index (χ4v) is 3.98. The maximum Gasteiger partial charge on any atom is 0.225 e. The number of likely N-dealkylation sites (tertiary alicyclic amines) is 1. The van der Waals surface area contributed by atoms with Crippen molar-refractivity contribution >= 4 is 28.8 Å². The van der Waals surface area contributed by atoms with Crippen molar-refractivity contribution in [3.8, 4) is 0 Å². The lowest BCUT2D eigenvalue weighted by Crippen LogP contribution is -2.60. The Bertz CT molecular complexity index is 884. The van der Waals surface area contributed by atoms with Crippen LogP contribution in [0.25, 0.3) is 11.2 Å². The fourth-order valence-electron chi connectivity index (χ4n) is 3.98. The molecule has 0 radical (unpaired) electrons. The Morgan fingerprint density at radius 2 is 1.96 bits per heavy atom. The number of carbonyl (C=O) groups excluding carboxylic acids is 2. The van der Waals surface area contributed by atoms with E-state index in [0.717, 1.165) is 17.0 Å². The number of anilines is 1. The van der Waals surface area contributed by atoms with E-state index in [1.165, 1.54) is 12.8 Å². The van der Waals surface area contributed by atoms with Gasteiger partial charge in [0.25, 0.3) is 0 Å². The number of rotatable bonds is 4. The van der Waals surface area contributed by atoms with Crippen LogP contribution in [-0.2, 0) is 9.59 Å². The van der Waals surface area contributed by atoms with Crippen LogP contribution in [0.3, 0.4) is 0 Å². The molecule has 1 unspecified atom stereocenters. The molecule has 3 fully saturated rings. The van der Waals surface area contributed by atoms with Crippen molar-refractivity contribution in [2.75, 3.05) is 31.6 Å². The van der Waals surface area contributed by atoms with Crippen molar-refractivity contribution in [3.05, 3.63) is 12.7 Å². The molecule has 136 valence electrons. The van der Waals surface area contributed by atoms with Gasteiger partial charge in [0.1, 0.15) is 6.33 Å². The molecule has 9 nitrogen and oxygen atoms in total. The summed E-state index contributed by atoms with van der Waals surface area (Å²) in [5.74, 6) is 0.607. The quantitative estimate of drug-likeness (QED) is 0.826. The molecular weight excluding hydrogens is 334 g/mol. The summed E-state index contributed by atoms with van der Waals surface area (Å²) in [4.78, 5) is 41.4. The largest absolute Gasteiger partial charge is 0.359 e. The van der Waals surface area contributed by atoms with E-state index in [1.807, 2.05) is 11.2 Å². The summed E-state index contributed by atoms with van der Waals surface area (Å²) < 4.78 is 2.13. The zero-order valence-corrected chi connectivity index (χ0v) is 14.6. The van der Waals surface area contributed by atoms with Crippen LogP contribution in [0.15, 0.2) is 12.7 Å². The van der Waals surface area contributed by atoms with Crippen LogP contribution in [0.1, 0.15) is 25.3 Å². The van der Waals surface area contributed by atoms with Crippen LogP contribution in [0.4, 0.5) is 5.82 Å². The molecule has 1 atom stereocenters. The van der Waals surface area contributed by atoms with E-state index in [-0.39, 0.29) is 23.8 Å². The first-order chi connectivity index (χ1) is 12.7. The van der Waals surface area contributed by atoms with Gasteiger partial charge in [-0.3, -0.25) is 9.59 Å². The van der Waals surface area contributed by atoms with Crippen molar-refractivity contribution in [2.24, 2.45) is 5.92 Å². The topological polar surface area (TPSA) is 96.2 Å². The summed E-state index contributed by atoms with van der Waals surface area (Å²) in [6, 6.07) is 0.656. The van der Waals surface area contributed by atoms with Gasteiger partial charge in [0.05, 0.1) is 18.3 Å². The average Bonchev–Trinajstić information content (AvgIpc) is 3.25. The lowest BCUT2D eigenvalue weighted by molar-refractivity contribution is -0.130. The van der Waals surface area contributed by atoms with E-state index >= 15 is 0 Å². The van der Waals surface area contributed by atoms with Gasteiger partial charge in [-0.25, -0.2) is 15.0 Å². The summed E-state index contributed by atoms with van der Waals surface area (Å²) >= 11 is 0. The van der Waals surface area contributed by atoms with E-state index in [9.17, 15) is 9.59 Å². The van der Waals surface area contributed by atoms with Crippen molar-refractivity contribution in [1.82, 2.24) is 29.7 Å². The zero-order chi connectivity index (χ0) is 17.8. The zero-order valence-electron chi connectivity index (χ0n) is 14.6. The molecule has 3 aliphatic rings. The van der Waals surface area contributed by atoms with Gasteiger partial charge in [0.15, 0.2) is 17.0 Å². The maximum atomic E-state index is 12.3. The van der Waals surface area contributed by atoms with Crippen LogP contribution in [-0.4, -0.2) is 69.0 Å². The van der Waals surface area contributed by atoms with E-state index < -0.39 is 0 Å². The third-order valence-electron chi connectivity index (χ3n) is 5.66. The van der Waals surface area contributed by atoms with E-state index in [2.05, 4.69) is 29.7 Å². The van der Waals surface area contributed by atoms with Crippen molar-refractivity contribution < 1.29 is 9.59 Å². The third kappa shape index (κ3) is 2.33. The summed E-state index contributed by atoms with van der Waals surface area (Å²) in [7, 11) is 1.61. The van der Waals surface area contributed by atoms with E-state index in [4.69, 9.17) is 0 Å². The third-order valence-corrected chi connectivity index (χ3v) is 5.66. The van der Waals surface area contributed by atoms with Gasteiger partial charge >= 0.3 is 0 Å². The van der Waals surface area contributed by atoms with Crippen LogP contribution in [0.2, 0.25) is 0 Å². The minimum absolute atomic E-state index is 0.0554. The normalized spacial score (nSPS) is 23.6. The Hall–Kier alpha value is -2.71. The molecule has 2 aromatic rings. The average molecular weight is 355 g/mol. The van der Waals surface area contributed by atoms with Crippen molar-refractivity contribution in [2.45, 2.75) is 31.3 Å². The number of carbonyl (C=O) groups is 2. The summed E-state index contributed by atoms with van der Waals surface area (Å²) in [5, 5.41) is 2.64. The highest BCUT2D eigenvalue weighted by molar-refractivity contribution is 5.89. The van der Waals surface area contributed by atoms with Crippen molar-refractivity contribution in [3.63, 3.8) is 0 Å². The number of hydrogen-bond acceptors (Lipinski definition) is 6. The minimum atomic E-state index is -0.235. The Morgan fingerprint density at radius 3 is 2.69 bits per heavy atom. The molecule has 1 saturated carbocycles. The predicted octanol–water partition coefficient (Wildman–Crippen LogP) is -0.0557. The molecular formula is C17H21N7O2. The Labute approximate surface area is 150 Å². The molecule has 4 heterocycles. The summed E-state index contributed by atoms with van der Waals surface area (Å²) in [6.07, 6.45) is 6.12. The molecule has 0 bridgehead atoms. The molecule has 9 heteroatoms. The molecule has 2 amide bonds. The van der Waals surface area contributed by atoms with Crippen LogP contribution < -0.4 is 10.2 Å². The molecule has 0 spiro atoms. The minimum Gasteiger partial charge on any atom is -0.359 e. The van der Waals surface area contributed by atoms with Gasteiger partial charge in [0, 0.05) is 39.1 Å². The number of amides is 2. The second-order valence-electron chi connectivity index (χ2n) is 7.37. The molecule has 1 aliphatic carbocycles. The number of fused-ring (bicyclic) bond motifs is 1. The van der Waals surface area contributed by atoms with Gasteiger partial charge in [-0.2, -0.15) is 0 Å². The second kappa shape index (κ2) is 5.65. The standard InChI is InChI=1S/C17H21N7O2/c1-18-17(26)10-4-13(25)23(5-10)12-6-22(7-12)15-14-16(20-8-19-15)24(9-21-14)11-2-3-11/h8-12H,2-7H2,1H3,(H,18,26). The summed E-state index contributed by atoms with van der Waals surface area (Å²) in [5.41, 5.74) is 1.71. The molecule has 2 saturated heterocycles. The highest BCUT2D eigenvalue weighted by atomic mass is 16.2. The maximum absolute atomic E-state index is 12.3. The Morgan fingerprint density at radius 1 is 1.15 bits per heavy atom. The van der Waals surface area contributed by atoms with Gasteiger partial charge in [-0.05, 0) is 12.8 Å². The first kappa shape index (κ1) is 15.5. The number of aromatic nitrogens is 4. The smallest absolute Gasteiger partial charge is 0.225 e. The van der Waals surface area contributed by atoms with Crippen LogP contribution in [0.5, 0.6) is 0 Å². The van der Waals surface area contributed by atoms with Gasteiger partial charge in [0.2, 0.25) is 11.8 Å². The molecule has 1 N–H and O–H groups in total. The first-order valence-electron chi connectivity index (χ1n) is 9.09. The van der Waals surface area contributed by atoms with Gasteiger partial charge < -0.3 is 19.7 Å². The highest BCUT2D eigenvalue weighted by Crippen LogP contribution is 2.38. The lowest BCUT2D eigenvalue weighted by Gasteiger charge is -2.44. The van der Waals surface area contributed by atoms with Crippen molar-refractivity contribution in [1.29, 1.82) is 0 Å². The highest BCUT2D eigenvalue weighted by Gasteiger charge is 2.43. The van der Waals surface area contributed by atoms with E-state index in [1.54, 1.807) is 13.4 Å². The molecule has 5 rings (SSSR count). The molecule has 26 heavy (non-hydrogen) atoms. The fraction of sp³-hybridized carbons (Fsp3) is 0.588. The Balaban J connectivity index is 1.31. The molecule has 2 aliphatic heterocycles. The van der Waals surface area contributed by atoms with Crippen LogP contribution in [0, 0.1) is 5.92 Å².